The van der Waals surface area contributed by atoms with E-state index >= 15 is 0 Å². The number of carbonyl (C=O) groups is 1. The lowest BCUT2D eigenvalue weighted by atomic mass is 9.94. The Bertz CT molecular complexity index is 356. The van der Waals surface area contributed by atoms with Gasteiger partial charge in [0.2, 0.25) is 15.9 Å². The first-order valence-electron chi connectivity index (χ1n) is 5.84. The van der Waals surface area contributed by atoms with Crippen molar-refractivity contribution in [3.63, 3.8) is 0 Å². The zero-order valence-electron chi connectivity index (χ0n) is 10.3. The number of piperidine rings is 1. The fourth-order valence-electron chi connectivity index (χ4n) is 1.85. The predicted octanol–water partition coefficient (Wildman–Crippen LogP) is -0.960. The third-order valence-corrected chi connectivity index (χ3v) is 3.50. The van der Waals surface area contributed by atoms with E-state index < -0.39 is 10.0 Å². The maximum absolute atomic E-state index is 11.7. The fraction of sp³-hybridized carbons (Fsp3) is 0.900. The molecule has 0 bridgehead atoms. The average Bonchev–Trinajstić information content (AvgIpc) is 2.23. The molecule has 0 radical (unpaired) electrons. The van der Waals surface area contributed by atoms with Gasteiger partial charge in [-0.1, -0.05) is 6.92 Å². The van der Waals surface area contributed by atoms with Crippen molar-refractivity contribution in [2.75, 3.05) is 25.9 Å². The Morgan fingerprint density at radius 3 is 2.71 bits per heavy atom. The second-order valence-electron chi connectivity index (χ2n) is 4.59. The van der Waals surface area contributed by atoms with E-state index in [-0.39, 0.29) is 18.5 Å². The minimum absolute atomic E-state index is 0.0492. The number of rotatable bonds is 5. The lowest BCUT2D eigenvalue weighted by molar-refractivity contribution is -0.123. The van der Waals surface area contributed by atoms with E-state index in [2.05, 4.69) is 22.3 Å². The van der Waals surface area contributed by atoms with E-state index in [1.165, 1.54) is 0 Å². The Morgan fingerprint density at radius 1 is 1.41 bits per heavy atom. The molecule has 1 aliphatic heterocycles. The van der Waals surface area contributed by atoms with Crippen molar-refractivity contribution >= 4 is 15.9 Å². The number of sulfonamides is 1. The summed E-state index contributed by atoms with van der Waals surface area (Å²) in [6.07, 6.45) is 3.03. The van der Waals surface area contributed by atoms with E-state index in [0.29, 0.717) is 12.5 Å². The summed E-state index contributed by atoms with van der Waals surface area (Å²) in [5.41, 5.74) is 0. The van der Waals surface area contributed by atoms with Gasteiger partial charge >= 0.3 is 0 Å². The van der Waals surface area contributed by atoms with Gasteiger partial charge in [-0.3, -0.25) is 4.79 Å². The molecular formula is C10H21N3O3S. The molecule has 3 N–H and O–H groups in total. The Morgan fingerprint density at radius 2 is 2.12 bits per heavy atom. The molecule has 0 aromatic heterocycles. The van der Waals surface area contributed by atoms with Crippen molar-refractivity contribution in [3.8, 4) is 0 Å². The first-order valence-corrected chi connectivity index (χ1v) is 7.73. The van der Waals surface area contributed by atoms with Crippen LogP contribution in [0.25, 0.3) is 0 Å². The molecule has 0 aliphatic carbocycles. The van der Waals surface area contributed by atoms with E-state index in [1.54, 1.807) is 0 Å². The molecule has 1 heterocycles. The number of carbonyl (C=O) groups excluding carboxylic acids is 1. The van der Waals surface area contributed by atoms with Crippen LogP contribution in [0.1, 0.15) is 19.8 Å². The van der Waals surface area contributed by atoms with Crippen LogP contribution in [0.15, 0.2) is 0 Å². The van der Waals surface area contributed by atoms with Gasteiger partial charge in [-0.25, -0.2) is 13.1 Å². The molecule has 1 rings (SSSR count). The van der Waals surface area contributed by atoms with E-state index in [0.717, 1.165) is 25.6 Å². The number of nitrogens with one attached hydrogen (secondary N) is 3. The Balaban J connectivity index is 2.20. The zero-order chi connectivity index (χ0) is 12.9. The summed E-state index contributed by atoms with van der Waals surface area (Å²) >= 11 is 0. The molecule has 1 saturated heterocycles. The topological polar surface area (TPSA) is 87.3 Å². The molecule has 0 aromatic rings. The van der Waals surface area contributed by atoms with Crippen molar-refractivity contribution in [3.05, 3.63) is 0 Å². The van der Waals surface area contributed by atoms with Crippen molar-refractivity contribution in [2.45, 2.75) is 25.8 Å². The largest absolute Gasteiger partial charge is 0.353 e. The second-order valence-corrected chi connectivity index (χ2v) is 6.43. The highest BCUT2D eigenvalue weighted by Gasteiger charge is 2.23. The van der Waals surface area contributed by atoms with Gasteiger partial charge in [-0.15, -0.1) is 0 Å². The van der Waals surface area contributed by atoms with E-state index in [9.17, 15) is 13.2 Å². The Hall–Kier alpha value is -0.660. The highest BCUT2D eigenvalue weighted by Crippen LogP contribution is 2.14. The quantitative estimate of drug-likeness (QED) is 0.558. The molecule has 2 unspecified atom stereocenters. The van der Waals surface area contributed by atoms with Crippen LogP contribution in [0.4, 0.5) is 0 Å². The number of hydrogen-bond donors (Lipinski definition) is 3. The molecule has 1 fully saturated rings. The summed E-state index contributed by atoms with van der Waals surface area (Å²) in [6.45, 7) is 3.54. The summed E-state index contributed by atoms with van der Waals surface area (Å²) in [5.74, 6) is 0.507. The summed E-state index contributed by atoms with van der Waals surface area (Å²) < 4.78 is 23.9. The third-order valence-electron chi connectivity index (χ3n) is 2.77. The molecule has 2 atom stereocenters. The highest BCUT2D eigenvalue weighted by atomic mass is 32.2. The second kappa shape index (κ2) is 6.32. The third kappa shape index (κ3) is 5.99. The molecule has 1 aliphatic rings. The average molecular weight is 263 g/mol. The van der Waals surface area contributed by atoms with Crippen LogP contribution < -0.4 is 15.4 Å². The molecule has 17 heavy (non-hydrogen) atoms. The van der Waals surface area contributed by atoms with Gasteiger partial charge in [0.25, 0.3) is 0 Å². The first-order chi connectivity index (χ1) is 7.88. The maximum Gasteiger partial charge on any atom is 0.237 e. The first kappa shape index (κ1) is 14.4. The molecule has 7 heteroatoms. The Kier molecular flexibility index (Phi) is 5.35. The molecule has 100 valence electrons. The summed E-state index contributed by atoms with van der Waals surface area (Å²) in [4.78, 5) is 11.7. The van der Waals surface area contributed by atoms with Crippen molar-refractivity contribution < 1.29 is 13.2 Å². The van der Waals surface area contributed by atoms with Gasteiger partial charge in [-0.2, -0.15) is 0 Å². The van der Waals surface area contributed by atoms with Crippen LogP contribution in [-0.2, 0) is 14.8 Å². The maximum atomic E-state index is 11.7. The predicted molar refractivity (Wildman–Crippen MR) is 66.0 cm³/mol. The number of hydrogen-bond acceptors (Lipinski definition) is 4. The van der Waals surface area contributed by atoms with Gasteiger partial charge in [0.1, 0.15) is 0 Å². The van der Waals surface area contributed by atoms with Crippen LogP contribution in [0.5, 0.6) is 0 Å². The standard InChI is InChI=1S/C10H21N3O3S/c1-8-3-4-11-9(7-8)10(14)12-5-6-13-17(2,15)16/h8-9,11,13H,3-7H2,1-2H3,(H,12,14). The van der Waals surface area contributed by atoms with Gasteiger partial charge in [0, 0.05) is 13.1 Å². The lowest BCUT2D eigenvalue weighted by Crippen LogP contribution is -2.49. The normalized spacial score (nSPS) is 25.5. The molecular weight excluding hydrogens is 242 g/mol. The van der Waals surface area contributed by atoms with Crippen LogP contribution >= 0.6 is 0 Å². The lowest BCUT2D eigenvalue weighted by Gasteiger charge is -2.27. The van der Waals surface area contributed by atoms with Crippen LogP contribution in [-0.4, -0.2) is 46.3 Å². The van der Waals surface area contributed by atoms with E-state index in [1.807, 2.05) is 0 Å². The SMILES string of the molecule is CC1CCNC(C(=O)NCCNS(C)(=O)=O)C1. The van der Waals surface area contributed by atoms with Crippen LogP contribution in [0.3, 0.4) is 0 Å². The minimum Gasteiger partial charge on any atom is -0.353 e. The van der Waals surface area contributed by atoms with E-state index in [4.69, 9.17) is 0 Å². The molecule has 1 amide bonds. The van der Waals surface area contributed by atoms with Crippen molar-refractivity contribution in [1.29, 1.82) is 0 Å². The smallest absolute Gasteiger partial charge is 0.237 e. The van der Waals surface area contributed by atoms with Crippen molar-refractivity contribution in [1.82, 2.24) is 15.4 Å². The monoisotopic (exact) mass is 263 g/mol. The van der Waals surface area contributed by atoms with Gasteiger partial charge in [0.15, 0.2) is 0 Å². The van der Waals surface area contributed by atoms with Gasteiger partial charge in [-0.05, 0) is 25.3 Å². The molecule has 6 nitrogen and oxygen atoms in total. The van der Waals surface area contributed by atoms with Crippen LogP contribution in [0.2, 0.25) is 0 Å². The van der Waals surface area contributed by atoms with Gasteiger partial charge < -0.3 is 10.6 Å². The van der Waals surface area contributed by atoms with Crippen molar-refractivity contribution in [2.24, 2.45) is 5.92 Å². The van der Waals surface area contributed by atoms with Gasteiger partial charge in [0.05, 0.1) is 12.3 Å². The summed E-state index contributed by atoms with van der Waals surface area (Å²) in [5, 5.41) is 5.87. The fourth-order valence-corrected chi connectivity index (χ4v) is 2.33. The highest BCUT2D eigenvalue weighted by molar-refractivity contribution is 7.88. The summed E-state index contributed by atoms with van der Waals surface area (Å²) in [7, 11) is -3.17. The minimum atomic E-state index is -3.17. The summed E-state index contributed by atoms with van der Waals surface area (Å²) in [6, 6.07) is -0.142. The van der Waals surface area contributed by atoms with Crippen LogP contribution in [0, 0.1) is 5.92 Å². The molecule has 0 saturated carbocycles. The molecule has 0 spiro atoms. The number of amides is 1. The Labute approximate surface area is 103 Å². The molecule has 0 aromatic carbocycles. The zero-order valence-corrected chi connectivity index (χ0v) is 11.1.